The maximum atomic E-state index is 10.1. The van der Waals surface area contributed by atoms with Gasteiger partial charge in [0.05, 0.1) is 7.11 Å². The van der Waals surface area contributed by atoms with Crippen LogP contribution < -0.4 is 10.5 Å². The van der Waals surface area contributed by atoms with E-state index >= 15 is 0 Å². The first-order valence-corrected chi connectivity index (χ1v) is 6.05. The molecule has 0 aliphatic rings. The molecule has 0 saturated carbocycles. The van der Waals surface area contributed by atoms with Gasteiger partial charge in [-0.2, -0.15) is 0 Å². The molecule has 0 saturated heterocycles. The van der Waals surface area contributed by atoms with Crippen molar-refractivity contribution in [2.24, 2.45) is 0 Å². The first kappa shape index (κ1) is 14.0. The van der Waals surface area contributed by atoms with Crippen molar-refractivity contribution in [2.75, 3.05) is 20.0 Å². The van der Waals surface area contributed by atoms with Crippen molar-refractivity contribution in [1.29, 1.82) is 0 Å². The Balaban J connectivity index is 2.44. The monoisotopic (exact) mass is 275 g/mol. The summed E-state index contributed by atoms with van der Waals surface area (Å²) >= 11 is 0. The van der Waals surface area contributed by atoms with Gasteiger partial charge in [-0.15, -0.1) is 0 Å². The molecule has 2 rings (SSSR count). The minimum atomic E-state index is -0.483. The molecule has 0 bridgehead atoms. The fourth-order valence-corrected chi connectivity index (χ4v) is 2.05. The van der Waals surface area contributed by atoms with E-state index in [-0.39, 0.29) is 17.2 Å². The average molecular weight is 275 g/mol. The van der Waals surface area contributed by atoms with Crippen LogP contribution in [0, 0.1) is 0 Å². The molecule has 0 radical (unpaired) electrons. The van der Waals surface area contributed by atoms with Crippen LogP contribution >= 0.6 is 0 Å². The smallest absolute Gasteiger partial charge is 0.148 e. The average Bonchev–Trinajstić information content (AvgIpc) is 2.48. The predicted octanol–water partition coefficient (Wildman–Crippen LogP) is 2.42. The number of aromatic hydroxyl groups is 2. The Morgan fingerprint density at radius 3 is 2.20 bits per heavy atom. The van der Waals surface area contributed by atoms with E-state index in [0.29, 0.717) is 5.56 Å². The molecule has 0 spiro atoms. The van der Waals surface area contributed by atoms with Crippen molar-refractivity contribution in [1.82, 2.24) is 0 Å². The van der Waals surface area contributed by atoms with Crippen LogP contribution in [0.25, 0.3) is 0 Å². The second-order valence-electron chi connectivity index (χ2n) is 4.33. The van der Waals surface area contributed by atoms with Gasteiger partial charge in [0.1, 0.15) is 29.0 Å². The lowest BCUT2D eigenvalue weighted by Crippen LogP contribution is -2.05. The molecule has 0 amide bonds. The fourth-order valence-electron chi connectivity index (χ4n) is 2.05. The number of anilines is 1. The normalized spacial score (nSPS) is 12.1. The predicted molar refractivity (Wildman–Crippen MR) is 76.0 cm³/mol. The highest BCUT2D eigenvalue weighted by atomic mass is 16.5. The van der Waals surface area contributed by atoms with Gasteiger partial charge in [-0.25, -0.2) is 0 Å². The van der Waals surface area contributed by atoms with E-state index in [4.69, 9.17) is 15.2 Å². The molecule has 4 N–H and O–H groups in total. The summed E-state index contributed by atoms with van der Waals surface area (Å²) in [6, 6.07) is 10.3. The Hall–Kier alpha value is -2.40. The van der Waals surface area contributed by atoms with Gasteiger partial charge in [-0.3, -0.25) is 0 Å². The van der Waals surface area contributed by atoms with E-state index in [0.717, 1.165) is 11.3 Å². The van der Waals surface area contributed by atoms with Gasteiger partial charge in [-0.1, -0.05) is 12.1 Å². The molecule has 0 fully saturated rings. The highest BCUT2D eigenvalue weighted by Gasteiger charge is 2.20. The zero-order valence-electron chi connectivity index (χ0n) is 11.3. The molecule has 5 nitrogen and oxygen atoms in total. The Kier molecular flexibility index (Phi) is 4.00. The summed E-state index contributed by atoms with van der Waals surface area (Å²) in [5, 5.41) is 19.5. The number of benzene rings is 2. The van der Waals surface area contributed by atoms with Crippen molar-refractivity contribution in [3.8, 4) is 17.2 Å². The molecule has 0 heterocycles. The third kappa shape index (κ3) is 2.48. The van der Waals surface area contributed by atoms with Crippen molar-refractivity contribution in [2.45, 2.75) is 6.10 Å². The van der Waals surface area contributed by atoms with Gasteiger partial charge in [0.2, 0.25) is 0 Å². The van der Waals surface area contributed by atoms with Gasteiger partial charge in [0.25, 0.3) is 0 Å². The Morgan fingerprint density at radius 1 is 1.00 bits per heavy atom. The standard InChI is InChI=1S/C15H17NO4/c1-19-10-5-3-9(4-6-10)15(20-2)11-7-8-12(17)13(16)14(11)18/h3-8,15,17-18H,16H2,1-2H3. The van der Waals surface area contributed by atoms with E-state index in [2.05, 4.69) is 0 Å². The second kappa shape index (κ2) is 5.71. The zero-order chi connectivity index (χ0) is 14.7. The SMILES string of the molecule is COc1ccc(C(OC)c2ccc(O)c(N)c2O)cc1. The first-order chi connectivity index (χ1) is 9.58. The number of rotatable bonds is 4. The molecular weight excluding hydrogens is 258 g/mol. The van der Waals surface area contributed by atoms with Crippen LogP contribution in [-0.4, -0.2) is 24.4 Å². The number of ether oxygens (including phenoxy) is 2. The minimum Gasteiger partial charge on any atom is -0.506 e. The molecule has 20 heavy (non-hydrogen) atoms. The lowest BCUT2D eigenvalue weighted by molar-refractivity contribution is 0.134. The quantitative estimate of drug-likeness (QED) is 0.589. The van der Waals surface area contributed by atoms with Gasteiger partial charge < -0.3 is 25.4 Å². The molecule has 0 aliphatic carbocycles. The lowest BCUT2D eigenvalue weighted by atomic mass is 9.99. The molecular formula is C15H17NO4. The topological polar surface area (TPSA) is 84.9 Å². The molecule has 5 heteroatoms. The number of phenols is 2. The molecule has 2 aromatic carbocycles. The summed E-state index contributed by atoms with van der Waals surface area (Å²) in [5.74, 6) is 0.404. The molecule has 2 aromatic rings. The number of methoxy groups -OCH3 is 2. The van der Waals surface area contributed by atoms with E-state index < -0.39 is 6.10 Å². The lowest BCUT2D eigenvalue weighted by Gasteiger charge is -2.19. The van der Waals surface area contributed by atoms with Crippen LogP contribution in [0.3, 0.4) is 0 Å². The number of hydrogen-bond donors (Lipinski definition) is 3. The van der Waals surface area contributed by atoms with Crippen LogP contribution in [-0.2, 0) is 4.74 Å². The summed E-state index contributed by atoms with van der Waals surface area (Å²) in [6.07, 6.45) is -0.483. The summed E-state index contributed by atoms with van der Waals surface area (Å²) in [7, 11) is 3.13. The van der Waals surface area contributed by atoms with Crippen molar-refractivity contribution in [3.05, 3.63) is 47.5 Å². The Labute approximate surface area is 117 Å². The molecule has 106 valence electrons. The molecule has 1 unspecified atom stereocenters. The summed E-state index contributed by atoms with van der Waals surface area (Å²) in [4.78, 5) is 0. The maximum absolute atomic E-state index is 10.1. The number of phenolic OH excluding ortho intramolecular Hbond substituents is 2. The van der Waals surface area contributed by atoms with Crippen LogP contribution in [0.15, 0.2) is 36.4 Å². The second-order valence-corrected chi connectivity index (χ2v) is 4.33. The van der Waals surface area contributed by atoms with Gasteiger partial charge in [-0.05, 0) is 29.8 Å². The summed E-state index contributed by atoms with van der Waals surface area (Å²) in [5.41, 5.74) is 6.90. The van der Waals surface area contributed by atoms with E-state index in [9.17, 15) is 10.2 Å². The van der Waals surface area contributed by atoms with Crippen LogP contribution in [0.2, 0.25) is 0 Å². The van der Waals surface area contributed by atoms with Crippen molar-refractivity contribution < 1.29 is 19.7 Å². The first-order valence-electron chi connectivity index (χ1n) is 6.05. The van der Waals surface area contributed by atoms with E-state index in [1.54, 1.807) is 13.2 Å². The van der Waals surface area contributed by atoms with Gasteiger partial charge in [0, 0.05) is 12.7 Å². The minimum absolute atomic E-state index is 0.0574. The van der Waals surface area contributed by atoms with Crippen molar-refractivity contribution >= 4 is 5.69 Å². The molecule has 0 aliphatic heterocycles. The van der Waals surface area contributed by atoms with Gasteiger partial charge in [0.15, 0.2) is 0 Å². The maximum Gasteiger partial charge on any atom is 0.148 e. The summed E-state index contributed by atoms with van der Waals surface area (Å²) in [6.45, 7) is 0. The van der Waals surface area contributed by atoms with Crippen LogP contribution in [0.4, 0.5) is 5.69 Å². The largest absolute Gasteiger partial charge is 0.506 e. The Morgan fingerprint density at radius 2 is 1.65 bits per heavy atom. The Bertz CT molecular complexity index is 596. The van der Waals surface area contributed by atoms with Crippen LogP contribution in [0.5, 0.6) is 17.2 Å². The summed E-state index contributed by atoms with van der Waals surface area (Å²) < 4.78 is 10.5. The highest BCUT2D eigenvalue weighted by molar-refractivity contribution is 5.65. The fraction of sp³-hybridized carbons (Fsp3) is 0.200. The number of nitrogen functional groups attached to an aromatic ring is 1. The van der Waals surface area contributed by atoms with E-state index in [1.807, 2.05) is 24.3 Å². The third-order valence-electron chi connectivity index (χ3n) is 3.16. The molecule has 1 atom stereocenters. The van der Waals surface area contributed by atoms with Crippen molar-refractivity contribution in [3.63, 3.8) is 0 Å². The molecule has 0 aromatic heterocycles. The highest BCUT2D eigenvalue weighted by Crippen LogP contribution is 2.39. The number of nitrogens with two attached hydrogens (primary N) is 1. The zero-order valence-corrected chi connectivity index (χ0v) is 11.3. The van der Waals surface area contributed by atoms with E-state index in [1.165, 1.54) is 13.2 Å². The van der Waals surface area contributed by atoms with Crippen LogP contribution in [0.1, 0.15) is 17.2 Å². The number of hydrogen-bond acceptors (Lipinski definition) is 5. The third-order valence-corrected chi connectivity index (χ3v) is 3.16. The van der Waals surface area contributed by atoms with Gasteiger partial charge >= 0.3 is 0 Å².